The van der Waals surface area contributed by atoms with Crippen LogP contribution in [0.5, 0.6) is 0 Å². The van der Waals surface area contributed by atoms with Crippen molar-refractivity contribution < 1.29 is 15.3 Å². The Morgan fingerprint density at radius 3 is 1.69 bits per heavy atom. The molecule has 0 amide bonds. The van der Waals surface area contributed by atoms with Gasteiger partial charge in [0.2, 0.25) is 0 Å². The van der Waals surface area contributed by atoms with Gasteiger partial charge in [-0.15, -0.1) is 0 Å². The van der Waals surface area contributed by atoms with Crippen LogP contribution in [0.15, 0.2) is 0 Å². The summed E-state index contributed by atoms with van der Waals surface area (Å²) in [7, 11) is 0. The zero-order valence-electron chi connectivity index (χ0n) is 8.70. The molecule has 0 aliphatic carbocycles. The van der Waals surface area contributed by atoms with Gasteiger partial charge in [0.25, 0.3) is 0 Å². The van der Waals surface area contributed by atoms with Gasteiger partial charge < -0.3 is 15.3 Å². The van der Waals surface area contributed by atoms with Crippen LogP contribution in [0.25, 0.3) is 0 Å². The number of hydrazine groups is 1. The van der Waals surface area contributed by atoms with Gasteiger partial charge in [0, 0.05) is 6.54 Å². The molecule has 0 heterocycles. The number of hydrogen-bond donors (Lipinski definition) is 4. The Morgan fingerprint density at radius 1 is 1.08 bits per heavy atom. The molecule has 0 aliphatic heterocycles. The van der Waals surface area contributed by atoms with Gasteiger partial charge in [-0.1, -0.05) is 0 Å². The molecule has 13 heavy (non-hydrogen) atoms. The van der Waals surface area contributed by atoms with E-state index < -0.39 is 11.4 Å². The molecule has 0 saturated carbocycles. The summed E-state index contributed by atoms with van der Waals surface area (Å²) in [6.45, 7) is 6.44. The number of rotatable bonds is 5. The first kappa shape index (κ1) is 12.8. The van der Waals surface area contributed by atoms with Crippen molar-refractivity contribution >= 4 is 0 Å². The minimum Gasteiger partial charge on any atom is -0.395 e. The highest BCUT2D eigenvalue weighted by molar-refractivity contribution is 4.74. The zero-order chi connectivity index (χ0) is 10.7. The Kier molecular flexibility index (Phi) is 4.28. The lowest BCUT2D eigenvalue weighted by Gasteiger charge is -2.42. The average Bonchev–Trinajstić information content (AvgIpc) is 1.81. The summed E-state index contributed by atoms with van der Waals surface area (Å²) in [5.74, 6) is 0. The van der Waals surface area contributed by atoms with Crippen LogP contribution in [0.2, 0.25) is 0 Å². The molecule has 0 spiro atoms. The topological polar surface area (TPSA) is 76.0 Å². The first-order valence-corrected chi connectivity index (χ1v) is 4.29. The Labute approximate surface area is 79.0 Å². The highest BCUT2D eigenvalue weighted by Crippen LogP contribution is 2.17. The molecule has 0 aromatic rings. The van der Waals surface area contributed by atoms with E-state index in [4.69, 9.17) is 5.11 Å². The molecule has 80 valence electrons. The van der Waals surface area contributed by atoms with E-state index in [1.807, 2.05) is 0 Å². The fourth-order valence-electron chi connectivity index (χ4n) is 1.22. The lowest BCUT2D eigenvalue weighted by Crippen LogP contribution is -2.62. The largest absolute Gasteiger partial charge is 0.395 e. The molecule has 0 atom stereocenters. The summed E-state index contributed by atoms with van der Waals surface area (Å²) in [5.41, 5.74) is 0.358. The molecule has 0 saturated heterocycles. The predicted octanol–water partition coefficient (Wildman–Crippen LogP) is -0.758. The van der Waals surface area contributed by atoms with Gasteiger partial charge in [-0.2, -0.15) is 5.01 Å². The number of nitrogens with zero attached hydrogens (tertiary/aromatic N) is 1. The quantitative estimate of drug-likeness (QED) is 0.340. The summed E-state index contributed by atoms with van der Waals surface area (Å²) in [5, 5.41) is 29.2. The van der Waals surface area contributed by atoms with Gasteiger partial charge >= 0.3 is 0 Å². The first-order valence-electron chi connectivity index (χ1n) is 4.29. The van der Waals surface area contributed by atoms with Crippen LogP contribution < -0.4 is 5.43 Å². The molecule has 4 N–H and O–H groups in total. The molecule has 0 radical (unpaired) electrons. The standard InChI is InChI=1S/C8H20N2O3/c1-7(2,12)10(8(3,4)13)9-5-6-11/h9,11-13H,5-6H2,1-4H3. The van der Waals surface area contributed by atoms with Crippen molar-refractivity contribution in [1.82, 2.24) is 10.4 Å². The van der Waals surface area contributed by atoms with Crippen molar-refractivity contribution in [3.05, 3.63) is 0 Å². The van der Waals surface area contributed by atoms with Crippen molar-refractivity contribution in [2.75, 3.05) is 13.2 Å². The van der Waals surface area contributed by atoms with Crippen LogP contribution in [0.1, 0.15) is 27.7 Å². The predicted molar refractivity (Wildman–Crippen MR) is 49.5 cm³/mol. The van der Waals surface area contributed by atoms with E-state index in [2.05, 4.69) is 5.43 Å². The minimum absolute atomic E-state index is 0.0529. The maximum absolute atomic E-state index is 9.66. The van der Waals surface area contributed by atoms with E-state index in [0.29, 0.717) is 0 Å². The fraction of sp³-hybridized carbons (Fsp3) is 1.00. The molecule has 0 bridgehead atoms. The third-order valence-corrected chi connectivity index (χ3v) is 1.48. The zero-order valence-corrected chi connectivity index (χ0v) is 8.70. The molecular weight excluding hydrogens is 172 g/mol. The number of aliphatic hydroxyl groups excluding tert-OH is 1. The van der Waals surface area contributed by atoms with Crippen LogP contribution in [0.3, 0.4) is 0 Å². The first-order chi connectivity index (χ1) is 5.69. The smallest absolute Gasteiger partial charge is 0.128 e. The molecule has 0 aromatic carbocycles. The van der Waals surface area contributed by atoms with Crippen LogP contribution in [0.4, 0.5) is 0 Å². The van der Waals surface area contributed by atoms with Gasteiger partial charge in [0.1, 0.15) is 11.4 Å². The molecule has 0 aromatic heterocycles. The molecular formula is C8H20N2O3. The highest BCUT2D eigenvalue weighted by atomic mass is 16.4. The van der Waals surface area contributed by atoms with E-state index >= 15 is 0 Å². The second-order valence-electron chi connectivity index (χ2n) is 3.96. The number of nitrogens with one attached hydrogen (secondary N) is 1. The minimum atomic E-state index is -1.19. The van der Waals surface area contributed by atoms with Gasteiger partial charge in [-0.25, -0.2) is 5.43 Å². The SMILES string of the molecule is CC(C)(O)N(NCCO)C(C)(C)O. The van der Waals surface area contributed by atoms with Crippen molar-refractivity contribution in [3.8, 4) is 0 Å². The monoisotopic (exact) mass is 192 g/mol. The second-order valence-corrected chi connectivity index (χ2v) is 3.96. The van der Waals surface area contributed by atoms with Crippen LogP contribution >= 0.6 is 0 Å². The van der Waals surface area contributed by atoms with E-state index in [1.165, 1.54) is 5.01 Å². The van der Waals surface area contributed by atoms with Crippen LogP contribution in [-0.4, -0.2) is 44.9 Å². The van der Waals surface area contributed by atoms with Gasteiger partial charge in [-0.05, 0) is 27.7 Å². The summed E-state index contributed by atoms with van der Waals surface area (Å²) >= 11 is 0. The van der Waals surface area contributed by atoms with Crippen molar-refractivity contribution in [2.24, 2.45) is 0 Å². The molecule has 0 aliphatic rings. The summed E-state index contributed by atoms with van der Waals surface area (Å²) in [4.78, 5) is 0. The van der Waals surface area contributed by atoms with E-state index in [1.54, 1.807) is 27.7 Å². The maximum atomic E-state index is 9.66. The fourth-order valence-corrected chi connectivity index (χ4v) is 1.22. The van der Waals surface area contributed by atoms with Gasteiger partial charge in [0.15, 0.2) is 0 Å². The Hall–Kier alpha value is -0.200. The summed E-state index contributed by atoms with van der Waals surface area (Å²) in [6.07, 6.45) is 0. The summed E-state index contributed by atoms with van der Waals surface area (Å²) < 4.78 is 0. The Bertz CT molecular complexity index is 134. The molecule has 0 rings (SSSR count). The van der Waals surface area contributed by atoms with Crippen molar-refractivity contribution in [2.45, 2.75) is 39.1 Å². The van der Waals surface area contributed by atoms with Gasteiger partial charge in [0.05, 0.1) is 6.61 Å². The highest BCUT2D eigenvalue weighted by Gasteiger charge is 2.34. The molecule has 0 fully saturated rings. The molecule has 0 unspecified atom stereocenters. The van der Waals surface area contributed by atoms with Crippen LogP contribution in [-0.2, 0) is 0 Å². The second kappa shape index (κ2) is 4.34. The molecule has 5 nitrogen and oxygen atoms in total. The van der Waals surface area contributed by atoms with E-state index in [9.17, 15) is 10.2 Å². The molecule has 5 heteroatoms. The lowest BCUT2D eigenvalue weighted by molar-refractivity contribution is -0.226. The average molecular weight is 192 g/mol. The van der Waals surface area contributed by atoms with Gasteiger partial charge in [-0.3, -0.25) is 0 Å². The van der Waals surface area contributed by atoms with Crippen molar-refractivity contribution in [3.63, 3.8) is 0 Å². The Morgan fingerprint density at radius 2 is 1.46 bits per heavy atom. The summed E-state index contributed by atoms with van der Waals surface area (Å²) in [6, 6.07) is 0. The lowest BCUT2D eigenvalue weighted by atomic mass is 10.2. The Balaban J connectivity index is 4.39. The third-order valence-electron chi connectivity index (χ3n) is 1.48. The normalized spacial score (nSPS) is 13.8. The number of hydrogen-bond acceptors (Lipinski definition) is 5. The van der Waals surface area contributed by atoms with E-state index in [-0.39, 0.29) is 13.2 Å². The van der Waals surface area contributed by atoms with Crippen molar-refractivity contribution in [1.29, 1.82) is 0 Å². The van der Waals surface area contributed by atoms with E-state index in [0.717, 1.165) is 0 Å². The third kappa shape index (κ3) is 4.54. The number of aliphatic hydroxyl groups is 3. The van der Waals surface area contributed by atoms with Crippen LogP contribution in [0, 0.1) is 0 Å². The maximum Gasteiger partial charge on any atom is 0.128 e.